The number of amides is 1. The number of aromatic nitrogens is 2. The number of likely N-dealkylation sites (tertiary alicyclic amines) is 1. The van der Waals surface area contributed by atoms with Crippen molar-refractivity contribution in [2.24, 2.45) is 5.41 Å². The minimum atomic E-state index is -4.51. The van der Waals surface area contributed by atoms with Crippen molar-refractivity contribution in [3.8, 4) is 5.69 Å². The van der Waals surface area contributed by atoms with Gasteiger partial charge >= 0.3 is 6.18 Å². The fraction of sp³-hybridized carbons (Fsp3) is 0.474. The van der Waals surface area contributed by atoms with E-state index in [1.165, 1.54) is 12.1 Å². The van der Waals surface area contributed by atoms with Crippen LogP contribution in [-0.2, 0) is 6.18 Å². The van der Waals surface area contributed by atoms with E-state index in [4.69, 9.17) is 0 Å². The Labute approximate surface area is 155 Å². The van der Waals surface area contributed by atoms with Crippen molar-refractivity contribution in [2.75, 3.05) is 26.2 Å². The van der Waals surface area contributed by atoms with Crippen LogP contribution in [0.5, 0.6) is 0 Å². The monoisotopic (exact) mass is 378 g/mol. The summed E-state index contributed by atoms with van der Waals surface area (Å²) < 4.78 is 40.2. The summed E-state index contributed by atoms with van der Waals surface area (Å²) in [6.45, 7) is 3.39. The highest BCUT2D eigenvalue weighted by Crippen LogP contribution is 2.37. The highest BCUT2D eigenvalue weighted by atomic mass is 19.4. The fourth-order valence-corrected chi connectivity index (χ4v) is 4.08. The molecule has 0 unspecified atom stereocenters. The molecule has 5 nitrogen and oxygen atoms in total. The van der Waals surface area contributed by atoms with E-state index >= 15 is 0 Å². The smallest absolute Gasteiger partial charge is 0.339 e. The Balaban J connectivity index is 1.53. The second-order valence-electron chi connectivity index (χ2n) is 7.40. The quantitative estimate of drug-likeness (QED) is 0.874. The molecule has 1 spiro atoms. The zero-order valence-corrected chi connectivity index (χ0v) is 14.8. The number of alkyl halides is 3. The van der Waals surface area contributed by atoms with Crippen LogP contribution in [0.4, 0.5) is 13.2 Å². The lowest BCUT2D eigenvalue weighted by atomic mass is 9.78. The van der Waals surface area contributed by atoms with Crippen molar-refractivity contribution in [3.63, 3.8) is 0 Å². The van der Waals surface area contributed by atoms with E-state index in [2.05, 4.69) is 10.4 Å². The second-order valence-corrected chi connectivity index (χ2v) is 7.40. The molecule has 0 saturated carbocycles. The summed E-state index contributed by atoms with van der Waals surface area (Å²) in [5, 5.41) is 7.17. The topological polar surface area (TPSA) is 50.2 Å². The van der Waals surface area contributed by atoms with Crippen LogP contribution in [0.15, 0.2) is 36.5 Å². The predicted molar refractivity (Wildman–Crippen MR) is 93.6 cm³/mol. The van der Waals surface area contributed by atoms with Crippen LogP contribution >= 0.6 is 0 Å². The van der Waals surface area contributed by atoms with Gasteiger partial charge in [0.25, 0.3) is 5.91 Å². The van der Waals surface area contributed by atoms with Crippen LogP contribution in [0.25, 0.3) is 5.69 Å². The Hall–Kier alpha value is -2.35. The van der Waals surface area contributed by atoms with Crippen LogP contribution < -0.4 is 5.32 Å². The molecule has 1 amide bonds. The molecule has 144 valence electrons. The Morgan fingerprint density at radius 3 is 2.59 bits per heavy atom. The van der Waals surface area contributed by atoms with Gasteiger partial charge in [0.15, 0.2) is 0 Å². The van der Waals surface area contributed by atoms with Gasteiger partial charge in [0.05, 0.1) is 11.9 Å². The molecule has 2 saturated heterocycles. The minimum absolute atomic E-state index is 0.140. The average molecular weight is 378 g/mol. The molecular formula is C19H21F3N4O. The Morgan fingerprint density at radius 1 is 1.15 bits per heavy atom. The molecule has 2 aromatic rings. The Morgan fingerprint density at radius 2 is 1.93 bits per heavy atom. The lowest BCUT2D eigenvalue weighted by Gasteiger charge is -2.39. The first-order chi connectivity index (χ1) is 12.9. The van der Waals surface area contributed by atoms with Crippen molar-refractivity contribution in [2.45, 2.75) is 25.4 Å². The van der Waals surface area contributed by atoms with Crippen LogP contribution in [0, 0.1) is 5.41 Å². The second kappa shape index (κ2) is 6.67. The molecule has 2 aliphatic heterocycles. The molecule has 1 aromatic heterocycles. The number of carbonyl (C=O) groups excluding carboxylic acids is 1. The van der Waals surface area contributed by atoms with Gasteiger partial charge in [-0.05, 0) is 55.5 Å². The average Bonchev–Trinajstić information content (AvgIpc) is 3.32. The molecule has 2 aliphatic rings. The van der Waals surface area contributed by atoms with Gasteiger partial charge in [0.1, 0.15) is 5.69 Å². The van der Waals surface area contributed by atoms with Crippen molar-refractivity contribution in [1.82, 2.24) is 20.0 Å². The number of halogens is 3. The first-order valence-corrected chi connectivity index (χ1v) is 9.10. The molecule has 0 aliphatic carbocycles. The summed E-state index contributed by atoms with van der Waals surface area (Å²) >= 11 is 0. The number of nitrogens with one attached hydrogen (secondary N) is 1. The van der Waals surface area contributed by atoms with Crippen molar-refractivity contribution in [1.29, 1.82) is 0 Å². The van der Waals surface area contributed by atoms with Crippen molar-refractivity contribution in [3.05, 3.63) is 47.8 Å². The number of benzene rings is 1. The first-order valence-electron chi connectivity index (χ1n) is 9.10. The van der Waals surface area contributed by atoms with Crippen molar-refractivity contribution < 1.29 is 18.0 Å². The summed E-state index contributed by atoms with van der Waals surface area (Å²) in [5.41, 5.74) is 0.0546. The maximum absolute atomic E-state index is 13.1. The van der Waals surface area contributed by atoms with Gasteiger partial charge in [-0.15, -0.1) is 0 Å². The number of piperidine rings is 1. The summed E-state index contributed by atoms with van der Waals surface area (Å²) in [4.78, 5) is 14.7. The van der Waals surface area contributed by atoms with Gasteiger partial charge in [-0.3, -0.25) is 4.79 Å². The van der Waals surface area contributed by atoms with E-state index in [0.29, 0.717) is 24.1 Å². The Kier molecular flexibility index (Phi) is 4.46. The molecule has 8 heteroatoms. The van der Waals surface area contributed by atoms with E-state index in [1.807, 2.05) is 0 Å². The maximum Gasteiger partial charge on any atom is 0.433 e. The van der Waals surface area contributed by atoms with E-state index in [0.717, 1.165) is 49.3 Å². The molecule has 27 heavy (non-hydrogen) atoms. The number of nitrogens with zero attached hydrogens (tertiary/aromatic N) is 3. The summed E-state index contributed by atoms with van der Waals surface area (Å²) in [6, 6.07) is 7.16. The zero-order valence-electron chi connectivity index (χ0n) is 14.8. The van der Waals surface area contributed by atoms with Crippen LogP contribution in [-0.4, -0.2) is 46.8 Å². The van der Waals surface area contributed by atoms with Gasteiger partial charge in [0.2, 0.25) is 0 Å². The van der Waals surface area contributed by atoms with Gasteiger partial charge in [-0.1, -0.05) is 6.07 Å². The maximum atomic E-state index is 13.1. The normalized spacial score (nSPS) is 19.6. The standard InChI is InChI=1S/C19H21F3N4O/c20-19(21,22)16-4-8-24-26(16)15-3-1-2-14(12-15)17(27)25-10-6-18(7-11-25)5-9-23-13-18/h1-4,8,12,23H,5-7,9-11,13H2. The molecule has 3 heterocycles. The van der Waals surface area contributed by atoms with Crippen LogP contribution in [0.1, 0.15) is 35.3 Å². The van der Waals surface area contributed by atoms with Gasteiger partial charge < -0.3 is 10.2 Å². The molecule has 0 radical (unpaired) electrons. The van der Waals surface area contributed by atoms with E-state index in [1.54, 1.807) is 17.0 Å². The van der Waals surface area contributed by atoms with E-state index in [-0.39, 0.29) is 11.6 Å². The molecular weight excluding hydrogens is 357 g/mol. The lowest BCUT2D eigenvalue weighted by Crippen LogP contribution is -2.44. The summed E-state index contributed by atoms with van der Waals surface area (Å²) in [7, 11) is 0. The van der Waals surface area contributed by atoms with E-state index < -0.39 is 11.9 Å². The number of carbonyl (C=O) groups is 1. The number of rotatable bonds is 2. The molecule has 4 rings (SSSR count). The van der Waals surface area contributed by atoms with Gasteiger partial charge in [-0.2, -0.15) is 18.3 Å². The van der Waals surface area contributed by atoms with Gasteiger partial charge in [-0.25, -0.2) is 4.68 Å². The van der Waals surface area contributed by atoms with Crippen molar-refractivity contribution >= 4 is 5.91 Å². The van der Waals surface area contributed by atoms with Crippen LogP contribution in [0.2, 0.25) is 0 Å². The third kappa shape index (κ3) is 3.45. The third-order valence-corrected chi connectivity index (χ3v) is 5.71. The molecule has 1 aromatic carbocycles. The largest absolute Gasteiger partial charge is 0.433 e. The number of hydrogen-bond acceptors (Lipinski definition) is 3. The Bertz CT molecular complexity index is 829. The molecule has 0 bridgehead atoms. The highest BCUT2D eigenvalue weighted by molar-refractivity contribution is 5.94. The third-order valence-electron chi connectivity index (χ3n) is 5.71. The fourth-order valence-electron chi connectivity index (χ4n) is 4.08. The summed E-state index contributed by atoms with van der Waals surface area (Å²) in [5.74, 6) is -0.140. The molecule has 2 fully saturated rings. The SMILES string of the molecule is O=C(c1cccc(-n2nccc2C(F)(F)F)c1)N1CCC2(CCNC2)CC1. The predicted octanol–water partition coefficient (Wildman–Crippen LogP) is 3.11. The minimum Gasteiger partial charge on any atom is -0.339 e. The lowest BCUT2D eigenvalue weighted by molar-refractivity contribution is -0.142. The summed E-state index contributed by atoms with van der Waals surface area (Å²) in [6.07, 6.45) is -0.334. The first kappa shape index (κ1) is 18.0. The zero-order chi connectivity index (χ0) is 19.1. The van der Waals surface area contributed by atoms with Gasteiger partial charge in [0, 0.05) is 25.2 Å². The molecule has 1 N–H and O–H groups in total. The van der Waals surface area contributed by atoms with Crippen LogP contribution in [0.3, 0.4) is 0 Å². The number of hydrogen-bond donors (Lipinski definition) is 1. The van der Waals surface area contributed by atoms with E-state index in [9.17, 15) is 18.0 Å². The highest BCUT2D eigenvalue weighted by Gasteiger charge is 2.38. The molecule has 0 atom stereocenters.